The molecule has 0 aliphatic rings. The molecular formula is C23H45N. The molecule has 0 aromatic heterocycles. The molecule has 0 bridgehead atoms. The Morgan fingerprint density at radius 1 is 0.917 bits per heavy atom. The molecule has 142 valence electrons. The van der Waals surface area contributed by atoms with E-state index in [1.54, 1.807) is 0 Å². The maximum atomic E-state index is 6.00. The van der Waals surface area contributed by atoms with Gasteiger partial charge in [-0.15, -0.1) is 6.42 Å². The smallest absolute Gasteiger partial charge is 0.0349 e. The number of hydrogen-bond donors (Lipinski definition) is 0. The fourth-order valence-electron chi connectivity index (χ4n) is 3.82. The van der Waals surface area contributed by atoms with Crippen LogP contribution in [0, 0.1) is 34.5 Å². The average molecular weight is 336 g/mol. The minimum atomic E-state index is -0.138. The lowest BCUT2D eigenvalue weighted by atomic mass is 9.60. The zero-order valence-corrected chi connectivity index (χ0v) is 19.0. The van der Waals surface area contributed by atoms with Gasteiger partial charge in [-0.2, -0.15) is 0 Å². The van der Waals surface area contributed by atoms with Gasteiger partial charge in [-0.25, -0.2) is 0 Å². The van der Waals surface area contributed by atoms with Gasteiger partial charge in [0, 0.05) is 16.5 Å². The molecular weight excluding hydrogens is 290 g/mol. The fourth-order valence-corrected chi connectivity index (χ4v) is 3.82. The molecule has 0 aliphatic carbocycles. The molecule has 0 rings (SSSR count). The summed E-state index contributed by atoms with van der Waals surface area (Å²) in [6.07, 6.45) is 8.18. The molecule has 0 amide bonds. The van der Waals surface area contributed by atoms with E-state index >= 15 is 0 Å². The first-order valence-electron chi connectivity index (χ1n) is 9.62. The highest BCUT2D eigenvalue weighted by atomic mass is 15.2. The summed E-state index contributed by atoms with van der Waals surface area (Å²) < 4.78 is 0. The first-order chi connectivity index (χ1) is 10.4. The van der Waals surface area contributed by atoms with Gasteiger partial charge in [0.25, 0.3) is 0 Å². The van der Waals surface area contributed by atoms with Crippen LogP contribution >= 0.6 is 0 Å². The number of terminal acetylenes is 1. The van der Waals surface area contributed by atoms with Crippen molar-refractivity contribution in [3.8, 4) is 12.3 Å². The van der Waals surface area contributed by atoms with Gasteiger partial charge in [-0.05, 0) is 64.8 Å². The molecule has 2 unspecified atom stereocenters. The summed E-state index contributed by atoms with van der Waals surface area (Å²) in [5.41, 5.74) is 0.238. The molecule has 24 heavy (non-hydrogen) atoms. The molecule has 0 fully saturated rings. The summed E-state index contributed by atoms with van der Waals surface area (Å²) in [6.45, 7) is 28.0. The largest absolute Gasteiger partial charge is 0.296 e. The van der Waals surface area contributed by atoms with Crippen LogP contribution in [0.3, 0.4) is 0 Å². The number of nitrogens with zero attached hydrogens (tertiary/aromatic N) is 1. The Morgan fingerprint density at radius 3 is 1.62 bits per heavy atom. The lowest BCUT2D eigenvalue weighted by Gasteiger charge is -2.58. The van der Waals surface area contributed by atoms with E-state index in [0.29, 0.717) is 5.92 Å². The molecule has 2 atom stereocenters. The topological polar surface area (TPSA) is 3.24 Å². The van der Waals surface area contributed by atoms with Crippen molar-refractivity contribution >= 4 is 0 Å². The van der Waals surface area contributed by atoms with Crippen LogP contribution in [0.25, 0.3) is 0 Å². The van der Waals surface area contributed by atoms with Crippen LogP contribution in [0.2, 0.25) is 0 Å². The first kappa shape index (κ1) is 23.5. The van der Waals surface area contributed by atoms with Crippen LogP contribution in [0.5, 0.6) is 0 Å². The zero-order chi connectivity index (χ0) is 19.8. The van der Waals surface area contributed by atoms with Gasteiger partial charge in [0.2, 0.25) is 0 Å². The second-order valence-corrected chi connectivity index (χ2v) is 10.9. The third kappa shape index (κ3) is 4.19. The molecule has 0 radical (unpaired) electrons. The molecule has 0 spiro atoms. The van der Waals surface area contributed by atoms with Crippen molar-refractivity contribution in [2.24, 2.45) is 22.2 Å². The van der Waals surface area contributed by atoms with E-state index < -0.39 is 0 Å². The first-order valence-corrected chi connectivity index (χ1v) is 9.62. The summed E-state index contributed by atoms with van der Waals surface area (Å²) in [5.74, 6) is 3.79. The van der Waals surface area contributed by atoms with Gasteiger partial charge < -0.3 is 0 Å². The number of hydrogen-bond acceptors (Lipinski definition) is 1. The highest BCUT2D eigenvalue weighted by Gasteiger charge is 2.49. The minimum Gasteiger partial charge on any atom is -0.296 e. The molecule has 0 aromatic carbocycles. The summed E-state index contributed by atoms with van der Waals surface area (Å²) in [6, 6.07) is 0. The van der Waals surface area contributed by atoms with Gasteiger partial charge in [-0.1, -0.05) is 60.8 Å². The summed E-state index contributed by atoms with van der Waals surface area (Å²) >= 11 is 0. The van der Waals surface area contributed by atoms with Crippen molar-refractivity contribution in [3.05, 3.63) is 0 Å². The zero-order valence-electron chi connectivity index (χ0n) is 19.0. The van der Waals surface area contributed by atoms with Gasteiger partial charge in [0.15, 0.2) is 0 Å². The normalized spacial score (nSPS) is 18.2. The Hall–Kier alpha value is -0.480. The molecule has 0 saturated heterocycles. The van der Waals surface area contributed by atoms with Crippen LogP contribution in [0.15, 0.2) is 0 Å². The quantitative estimate of drug-likeness (QED) is 0.472. The van der Waals surface area contributed by atoms with E-state index in [0.717, 1.165) is 6.42 Å². The summed E-state index contributed by atoms with van der Waals surface area (Å²) in [5, 5.41) is 0. The highest BCUT2D eigenvalue weighted by molar-refractivity contribution is 5.13. The van der Waals surface area contributed by atoms with Gasteiger partial charge in [-0.3, -0.25) is 4.90 Å². The van der Waals surface area contributed by atoms with E-state index in [1.807, 2.05) is 0 Å². The van der Waals surface area contributed by atoms with Crippen LogP contribution < -0.4 is 0 Å². The molecule has 0 saturated carbocycles. The van der Waals surface area contributed by atoms with E-state index in [9.17, 15) is 0 Å². The van der Waals surface area contributed by atoms with Crippen molar-refractivity contribution in [2.45, 2.75) is 107 Å². The third-order valence-corrected chi connectivity index (χ3v) is 7.93. The Labute approximate surface area is 154 Å². The highest BCUT2D eigenvalue weighted by Crippen LogP contribution is 2.49. The summed E-state index contributed by atoms with van der Waals surface area (Å²) in [4.78, 5) is 2.58. The number of rotatable bonds is 7. The third-order valence-electron chi connectivity index (χ3n) is 7.93. The van der Waals surface area contributed by atoms with Crippen LogP contribution in [-0.4, -0.2) is 23.0 Å². The second-order valence-electron chi connectivity index (χ2n) is 10.9. The molecule has 0 aromatic rings. The van der Waals surface area contributed by atoms with Crippen LogP contribution in [0.1, 0.15) is 95.9 Å². The van der Waals surface area contributed by atoms with Crippen molar-refractivity contribution in [1.82, 2.24) is 4.90 Å². The van der Waals surface area contributed by atoms with Gasteiger partial charge in [0.1, 0.15) is 0 Å². The molecule has 0 aliphatic heterocycles. The predicted molar refractivity (Wildman–Crippen MR) is 110 cm³/mol. The molecule has 1 nitrogen and oxygen atoms in total. The average Bonchev–Trinajstić information content (AvgIpc) is 2.43. The molecule has 0 N–H and O–H groups in total. The monoisotopic (exact) mass is 335 g/mol. The van der Waals surface area contributed by atoms with Crippen molar-refractivity contribution < 1.29 is 0 Å². The van der Waals surface area contributed by atoms with Crippen molar-refractivity contribution in [2.75, 3.05) is 7.05 Å². The maximum Gasteiger partial charge on any atom is 0.0349 e. The standard InChI is InChI=1S/C23H45N/c1-15-18(3)21(9,10)22(11,12)24(14)20(7,8)17-23(13,16-2)19(4,5)6/h2,18H,15,17H2,1,3-14H3. The van der Waals surface area contributed by atoms with Crippen LogP contribution in [-0.2, 0) is 0 Å². The van der Waals surface area contributed by atoms with Crippen molar-refractivity contribution in [1.29, 1.82) is 0 Å². The fraction of sp³-hybridized carbons (Fsp3) is 0.913. The van der Waals surface area contributed by atoms with Crippen molar-refractivity contribution in [3.63, 3.8) is 0 Å². The Morgan fingerprint density at radius 2 is 1.33 bits per heavy atom. The van der Waals surface area contributed by atoms with Gasteiger partial charge in [0.05, 0.1) is 0 Å². The second kappa shape index (κ2) is 7.03. The molecule has 1 heteroatoms. The van der Waals surface area contributed by atoms with E-state index in [2.05, 4.69) is 101 Å². The Bertz CT molecular complexity index is 455. The lowest BCUT2D eigenvalue weighted by Crippen LogP contribution is -2.62. The van der Waals surface area contributed by atoms with E-state index in [1.165, 1.54) is 6.42 Å². The van der Waals surface area contributed by atoms with Crippen LogP contribution in [0.4, 0.5) is 0 Å². The maximum absolute atomic E-state index is 6.00. The Balaban J connectivity index is 5.77. The Kier molecular flexibility index (Phi) is 6.89. The lowest BCUT2D eigenvalue weighted by molar-refractivity contribution is -0.0754. The SMILES string of the molecule is C#CC(C)(CC(C)(C)N(C)C(C)(C)C(C)(C)C(C)CC)C(C)(C)C. The predicted octanol–water partition coefficient (Wildman–Crippen LogP) is 6.62. The molecule has 0 heterocycles. The summed E-state index contributed by atoms with van der Waals surface area (Å²) in [7, 11) is 2.28. The minimum absolute atomic E-state index is 0.0165. The van der Waals surface area contributed by atoms with E-state index in [4.69, 9.17) is 6.42 Å². The van der Waals surface area contributed by atoms with Gasteiger partial charge >= 0.3 is 0 Å². The van der Waals surface area contributed by atoms with E-state index in [-0.39, 0.29) is 27.3 Å².